The Hall–Kier alpha value is -0.640. The lowest BCUT2D eigenvalue weighted by Gasteiger charge is -2.20. The fourth-order valence-electron chi connectivity index (χ4n) is 2.08. The van der Waals surface area contributed by atoms with Gasteiger partial charge in [0, 0.05) is 9.35 Å². The number of hydrogen-bond donors (Lipinski definition) is 1. The van der Waals surface area contributed by atoms with Crippen LogP contribution in [0.2, 0.25) is 0 Å². The summed E-state index contributed by atoms with van der Waals surface area (Å²) in [7, 11) is 0. The van der Waals surface area contributed by atoms with Gasteiger partial charge in [-0.2, -0.15) is 0 Å². The molecular weight excluding hydrogens is 306 g/mol. The number of halogens is 1. The van der Waals surface area contributed by atoms with Crippen LogP contribution < -0.4 is 5.32 Å². The molecule has 3 heteroatoms. The fraction of sp³-hybridized carbons (Fsp3) is 0.333. The molecule has 1 atom stereocenters. The van der Waals surface area contributed by atoms with Gasteiger partial charge in [0.15, 0.2) is 0 Å². The van der Waals surface area contributed by atoms with Crippen molar-refractivity contribution < 1.29 is 0 Å². The normalized spacial score (nSPS) is 12.6. The summed E-state index contributed by atoms with van der Waals surface area (Å²) in [4.78, 5) is 1.39. The lowest BCUT2D eigenvalue weighted by Crippen LogP contribution is -2.23. The first-order valence-electron chi connectivity index (χ1n) is 6.25. The maximum Gasteiger partial charge on any atom is 0.0598 e. The second kappa shape index (κ2) is 6.50. The largest absolute Gasteiger partial charge is 0.306 e. The number of benzene rings is 1. The molecule has 18 heavy (non-hydrogen) atoms. The van der Waals surface area contributed by atoms with Gasteiger partial charge in [-0.1, -0.05) is 41.1 Å². The predicted molar refractivity (Wildman–Crippen MR) is 83.3 cm³/mol. The summed E-state index contributed by atoms with van der Waals surface area (Å²) in [6.45, 7) is 5.42. The average molecular weight is 324 g/mol. The molecule has 0 saturated heterocycles. The molecule has 1 nitrogen and oxygen atoms in total. The van der Waals surface area contributed by atoms with Crippen LogP contribution in [0.25, 0.3) is 0 Å². The molecule has 0 aliphatic rings. The van der Waals surface area contributed by atoms with E-state index in [1.165, 1.54) is 20.5 Å². The Bertz CT molecular complexity index is 507. The Labute approximate surface area is 121 Å². The van der Waals surface area contributed by atoms with Crippen molar-refractivity contribution in [3.05, 3.63) is 56.2 Å². The monoisotopic (exact) mass is 323 g/mol. The molecule has 0 aliphatic carbocycles. The summed E-state index contributed by atoms with van der Waals surface area (Å²) in [5.41, 5.74) is 2.70. The van der Waals surface area contributed by atoms with E-state index in [-0.39, 0.29) is 6.04 Å². The minimum absolute atomic E-state index is 0.284. The minimum Gasteiger partial charge on any atom is -0.306 e. The average Bonchev–Trinajstić information content (AvgIpc) is 2.78. The third-order valence-corrected chi connectivity index (χ3v) is 4.61. The van der Waals surface area contributed by atoms with Crippen LogP contribution in [0.15, 0.2) is 40.2 Å². The first kappa shape index (κ1) is 13.8. The van der Waals surface area contributed by atoms with Gasteiger partial charge in [-0.3, -0.25) is 0 Å². The zero-order valence-corrected chi connectivity index (χ0v) is 13.1. The van der Waals surface area contributed by atoms with Crippen molar-refractivity contribution in [2.75, 3.05) is 6.54 Å². The van der Waals surface area contributed by atoms with E-state index in [2.05, 4.69) is 70.8 Å². The first-order chi connectivity index (χ1) is 8.74. The second-order valence-corrected chi connectivity index (χ2v) is 6.32. The predicted octanol–water partition coefficient (Wildman–Crippen LogP) is 4.91. The van der Waals surface area contributed by atoms with Crippen molar-refractivity contribution in [2.45, 2.75) is 26.3 Å². The van der Waals surface area contributed by atoms with Gasteiger partial charge in [0.25, 0.3) is 0 Å². The van der Waals surface area contributed by atoms with Gasteiger partial charge >= 0.3 is 0 Å². The van der Waals surface area contributed by atoms with Crippen LogP contribution >= 0.6 is 27.3 Å². The second-order valence-electron chi connectivity index (χ2n) is 4.34. The van der Waals surface area contributed by atoms with E-state index in [0.29, 0.717) is 0 Å². The Kier molecular flexibility index (Phi) is 4.98. The van der Waals surface area contributed by atoms with Gasteiger partial charge in [-0.25, -0.2) is 0 Å². The molecular formula is C15H18BrNS. The maximum absolute atomic E-state index is 3.66. The van der Waals surface area contributed by atoms with Gasteiger partial charge in [0.1, 0.15) is 0 Å². The lowest BCUT2D eigenvalue weighted by molar-refractivity contribution is 0.596. The highest BCUT2D eigenvalue weighted by atomic mass is 79.9. The van der Waals surface area contributed by atoms with Crippen LogP contribution in [-0.2, 0) is 0 Å². The molecule has 0 fully saturated rings. The molecule has 0 aliphatic heterocycles. The summed E-state index contributed by atoms with van der Waals surface area (Å²) in [6, 6.07) is 11.0. The number of rotatable bonds is 5. The Morgan fingerprint density at radius 3 is 2.61 bits per heavy atom. The zero-order chi connectivity index (χ0) is 13.0. The van der Waals surface area contributed by atoms with E-state index in [0.717, 1.165) is 13.0 Å². The van der Waals surface area contributed by atoms with E-state index in [9.17, 15) is 0 Å². The standard InChI is InChI=1S/C15H18BrNS/c1-3-9-17-15(12-8-10-18-11(12)2)13-6-4-5-7-14(13)16/h4-8,10,15,17H,3,9H2,1-2H3. The molecule has 1 unspecified atom stereocenters. The van der Waals surface area contributed by atoms with E-state index in [1.807, 2.05) is 11.3 Å². The number of hydrogen-bond acceptors (Lipinski definition) is 2. The number of thiophene rings is 1. The van der Waals surface area contributed by atoms with Gasteiger partial charge in [0.05, 0.1) is 6.04 Å². The van der Waals surface area contributed by atoms with Crippen LogP contribution in [0.4, 0.5) is 0 Å². The SMILES string of the molecule is CCCNC(c1ccccc1Br)c1ccsc1C. The summed E-state index contributed by atoms with van der Waals surface area (Å²) < 4.78 is 1.17. The molecule has 0 spiro atoms. The van der Waals surface area contributed by atoms with Crippen molar-refractivity contribution in [1.29, 1.82) is 0 Å². The third kappa shape index (κ3) is 3.02. The van der Waals surface area contributed by atoms with Crippen molar-refractivity contribution in [2.24, 2.45) is 0 Å². The fourth-order valence-corrected chi connectivity index (χ4v) is 3.33. The molecule has 1 N–H and O–H groups in total. The van der Waals surface area contributed by atoms with Gasteiger partial charge < -0.3 is 5.32 Å². The highest BCUT2D eigenvalue weighted by Gasteiger charge is 2.18. The number of nitrogens with one attached hydrogen (secondary N) is 1. The third-order valence-electron chi connectivity index (χ3n) is 3.02. The molecule has 2 aromatic rings. The summed E-state index contributed by atoms with van der Waals surface area (Å²) >= 11 is 5.47. The van der Waals surface area contributed by atoms with Crippen molar-refractivity contribution in [3.8, 4) is 0 Å². The Morgan fingerprint density at radius 1 is 1.22 bits per heavy atom. The summed E-state index contributed by atoms with van der Waals surface area (Å²) in [5, 5.41) is 5.82. The van der Waals surface area contributed by atoms with E-state index in [1.54, 1.807) is 0 Å². The van der Waals surface area contributed by atoms with Crippen LogP contribution in [0.1, 0.15) is 35.4 Å². The van der Waals surface area contributed by atoms with Crippen LogP contribution in [0.5, 0.6) is 0 Å². The topological polar surface area (TPSA) is 12.0 Å². The Morgan fingerprint density at radius 2 is 2.00 bits per heavy atom. The molecule has 0 radical (unpaired) electrons. The quantitative estimate of drug-likeness (QED) is 0.824. The molecule has 96 valence electrons. The van der Waals surface area contributed by atoms with Crippen LogP contribution in [-0.4, -0.2) is 6.54 Å². The highest BCUT2D eigenvalue weighted by Crippen LogP contribution is 2.32. The molecule has 1 aromatic heterocycles. The molecule has 0 amide bonds. The van der Waals surface area contributed by atoms with Gasteiger partial charge in [-0.15, -0.1) is 11.3 Å². The Balaban J connectivity index is 2.37. The van der Waals surface area contributed by atoms with Crippen LogP contribution in [0, 0.1) is 6.92 Å². The molecule has 0 bridgehead atoms. The smallest absolute Gasteiger partial charge is 0.0598 e. The minimum atomic E-state index is 0.284. The zero-order valence-electron chi connectivity index (χ0n) is 10.7. The van der Waals surface area contributed by atoms with E-state index >= 15 is 0 Å². The highest BCUT2D eigenvalue weighted by molar-refractivity contribution is 9.10. The molecule has 2 rings (SSSR count). The molecule has 1 aromatic carbocycles. The maximum atomic E-state index is 3.66. The van der Waals surface area contributed by atoms with Crippen molar-refractivity contribution in [1.82, 2.24) is 5.32 Å². The molecule has 1 heterocycles. The summed E-state index contributed by atoms with van der Waals surface area (Å²) in [5.74, 6) is 0. The number of aryl methyl sites for hydroxylation is 1. The van der Waals surface area contributed by atoms with E-state index in [4.69, 9.17) is 0 Å². The van der Waals surface area contributed by atoms with E-state index < -0.39 is 0 Å². The first-order valence-corrected chi connectivity index (χ1v) is 7.93. The van der Waals surface area contributed by atoms with Gasteiger partial charge in [-0.05, 0) is 48.5 Å². The van der Waals surface area contributed by atoms with Crippen LogP contribution in [0.3, 0.4) is 0 Å². The molecule has 0 saturated carbocycles. The van der Waals surface area contributed by atoms with Gasteiger partial charge in [0.2, 0.25) is 0 Å². The lowest BCUT2D eigenvalue weighted by atomic mass is 9.99. The summed E-state index contributed by atoms with van der Waals surface area (Å²) in [6.07, 6.45) is 1.14. The van der Waals surface area contributed by atoms with Crippen molar-refractivity contribution in [3.63, 3.8) is 0 Å². The van der Waals surface area contributed by atoms with Crippen molar-refractivity contribution >= 4 is 27.3 Å².